The number of para-hydroxylation sites is 2. The van der Waals surface area contributed by atoms with Crippen molar-refractivity contribution in [2.45, 2.75) is 13.0 Å². The summed E-state index contributed by atoms with van der Waals surface area (Å²) in [7, 11) is 1.52. The van der Waals surface area contributed by atoms with Crippen molar-refractivity contribution in [3.05, 3.63) is 64.2 Å². The molecular formula is C19H18N2O6. The molecule has 1 saturated heterocycles. The summed E-state index contributed by atoms with van der Waals surface area (Å²) in [5, 5.41) is 10.7. The quantitative estimate of drug-likeness (QED) is 0.440. The summed E-state index contributed by atoms with van der Waals surface area (Å²) in [6.07, 6.45) is 0.0666. The normalized spacial score (nSPS) is 16.3. The molecule has 0 spiro atoms. The average molecular weight is 370 g/mol. The number of methoxy groups -OCH3 is 1. The molecule has 1 aliphatic rings. The molecule has 0 bridgehead atoms. The SMILES string of the molecule is COc1ccccc1N1C[C@H](C(=O)OCc2ccc([N+](=O)[O-])cc2)CC1=O. The Morgan fingerprint density at radius 1 is 1.22 bits per heavy atom. The topological polar surface area (TPSA) is 99.0 Å². The Balaban J connectivity index is 1.61. The summed E-state index contributed by atoms with van der Waals surface area (Å²) < 4.78 is 10.6. The maximum absolute atomic E-state index is 12.3. The van der Waals surface area contributed by atoms with Gasteiger partial charge in [0.05, 0.1) is 23.6 Å². The number of non-ortho nitro benzene ring substituents is 1. The first-order valence-corrected chi connectivity index (χ1v) is 8.33. The maximum Gasteiger partial charge on any atom is 0.311 e. The van der Waals surface area contributed by atoms with E-state index in [2.05, 4.69) is 0 Å². The summed E-state index contributed by atoms with van der Waals surface area (Å²) >= 11 is 0. The van der Waals surface area contributed by atoms with E-state index in [0.717, 1.165) is 0 Å². The van der Waals surface area contributed by atoms with Crippen molar-refractivity contribution < 1.29 is 24.0 Å². The van der Waals surface area contributed by atoms with Gasteiger partial charge in [-0.05, 0) is 29.8 Å². The van der Waals surface area contributed by atoms with Gasteiger partial charge in [0, 0.05) is 25.1 Å². The molecule has 0 unspecified atom stereocenters. The number of anilines is 1. The summed E-state index contributed by atoms with van der Waals surface area (Å²) in [5.41, 5.74) is 1.23. The number of nitrogens with zero attached hydrogens (tertiary/aromatic N) is 2. The molecule has 0 aliphatic carbocycles. The molecule has 2 aromatic rings. The lowest BCUT2D eigenvalue weighted by atomic mass is 10.1. The minimum absolute atomic E-state index is 0.00379. The molecule has 0 N–H and O–H groups in total. The van der Waals surface area contributed by atoms with Gasteiger partial charge in [0.2, 0.25) is 5.91 Å². The van der Waals surface area contributed by atoms with Crippen molar-refractivity contribution in [1.82, 2.24) is 0 Å². The van der Waals surface area contributed by atoms with Crippen LogP contribution in [0.1, 0.15) is 12.0 Å². The standard InChI is InChI=1S/C19H18N2O6/c1-26-17-5-3-2-4-16(17)20-11-14(10-18(20)22)19(23)27-12-13-6-8-15(9-7-13)21(24)25/h2-9,14H,10-12H2,1H3/t14-/m1/s1. The summed E-state index contributed by atoms with van der Waals surface area (Å²) in [5.74, 6) is -0.651. The molecule has 1 heterocycles. The Bertz CT molecular complexity index is 865. The monoisotopic (exact) mass is 370 g/mol. The molecule has 27 heavy (non-hydrogen) atoms. The highest BCUT2D eigenvalue weighted by Gasteiger charge is 2.37. The van der Waals surface area contributed by atoms with Gasteiger partial charge in [0.25, 0.3) is 5.69 Å². The number of amides is 1. The number of benzene rings is 2. The molecular weight excluding hydrogens is 352 g/mol. The van der Waals surface area contributed by atoms with E-state index in [9.17, 15) is 19.7 Å². The van der Waals surface area contributed by atoms with Crippen LogP contribution in [-0.4, -0.2) is 30.5 Å². The van der Waals surface area contributed by atoms with Crippen LogP contribution in [0.25, 0.3) is 0 Å². The minimum Gasteiger partial charge on any atom is -0.495 e. The number of carbonyl (C=O) groups is 2. The van der Waals surface area contributed by atoms with Crippen LogP contribution >= 0.6 is 0 Å². The Labute approximate surface area is 155 Å². The smallest absolute Gasteiger partial charge is 0.311 e. The van der Waals surface area contributed by atoms with E-state index < -0.39 is 16.8 Å². The molecule has 0 radical (unpaired) electrons. The highest BCUT2D eigenvalue weighted by molar-refractivity contribution is 6.00. The fraction of sp³-hybridized carbons (Fsp3) is 0.263. The lowest BCUT2D eigenvalue weighted by Gasteiger charge is -2.19. The summed E-state index contributed by atoms with van der Waals surface area (Å²) in [6.45, 7) is 0.217. The third-order valence-electron chi connectivity index (χ3n) is 4.36. The zero-order valence-electron chi connectivity index (χ0n) is 14.7. The molecule has 1 aliphatic heterocycles. The maximum atomic E-state index is 12.3. The van der Waals surface area contributed by atoms with Gasteiger partial charge in [0.1, 0.15) is 12.4 Å². The van der Waals surface area contributed by atoms with Crippen molar-refractivity contribution in [1.29, 1.82) is 0 Å². The van der Waals surface area contributed by atoms with Gasteiger partial charge in [-0.1, -0.05) is 12.1 Å². The van der Waals surface area contributed by atoms with Gasteiger partial charge in [-0.2, -0.15) is 0 Å². The van der Waals surface area contributed by atoms with Crippen LogP contribution in [0, 0.1) is 16.0 Å². The van der Waals surface area contributed by atoms with Crippen LogP contribution in [0.5, 0.6) is 5.75 Å². The van der Waals surface area contributed by atoms with E-state index in [0.29, 0.717) is 17.0 Å². The molecule has 8 heteroatoms. The Morgan fingerprint density at radius 3 is 2.59 bits per heavy atom. The third-order valence-corrected chi connectivity index (χ3v) is 4.36. The van der Waals surface area contributed by atoms with Crippen LogP contribution in [0.3, 0.4) is 0 Å². The molecule has 1 fully saturated rings. The summed E-state index contributed by atoms with van der Waals surface area (Å²) in [4.78, 5) is 36.3. The predicted molar refractivity (Wildman–Crippen MR) is 96.3 cm³/mol. The van der Waals surface area contributed by atoms with Crippen molar-refractivity contribution in [3.63, 3.8) is 0 Å². The molecule has 3 rings (SSSR count). The van der Waals surface area contributed by atoms with Gasteiger partial charge in [0.15, 0.2) is 0 Å². The van der Waals surface area contributed by atoms with E-state index in [1.165, 1.54) is 36.3 Å². The number of rotatable bonds is 6. The molecule has 0 saturated carbocycles. The van der Waals surface area contributed by atoms with Crippen molar-refractivity contribution >= 4 is 23.3 Å². The highest BCUT2D eigenvalue weighted by Crippen LogP contribution is 2.33. The second-order valence-corrected chi connectivity index (χ2v) is 6.11. The van der Waals surface area contributed by atoms with Gasteiger partial charge in [-0.25, -0.2) is 0 Å². The van der Waals surface area contributed by atoms with Crippen LogP contribution in [-0.2, 0) is 20.9 Å². The number of nitro benzene ring substituents is 1. The lowest BCUT2D eigenvalue weighted by Crippen LogP contribution is -2.26. The fourth-order valence-corrected chi connectivity index (χ4v) is 2.94. The van der Waals surface area contributed by atoms with Crippen LogP contribution in [0.2, 0.25) is 0 Å². The Hall–Kier alpha value is -3.42. The molecule has 2 aromatic carbocycles. The lowest BCUT2D eigenvalue weighted by molar-refractivity contribution is -0.384. The zero-order chi connectivity index (χ0) is 19.4. The number of hydrogen-bond donors (Lipinski definition) is 0. The first-order valence-electron chi connectivity index (χ1n) is 8.33. The first kappa shape index (κ1) is 18.4. The summed E-state index contributed by atoms with van der Waals surface area (Å²) in [6, 6.07) is 12.9. The number of hydrogen-bond acceptors (Lipinski definition) is 6. The van der Waals surface area contributed by atoms with Crippen LogP contribution < -0.4 is 9.64 Å². The van der Waals surface area contributed by atoms with E-state index in [1.54, 1.807) is 24.3 Å². The molecule has 1 amide bonds. The van der Waals surface area contributed by atoms with E-state index in [1.807, 2.05) is 0 Å². The largest absolute Gasteiger partial charge is 0.495 e. The van der Waals surface area contributed by atoms with Gasteiger partial charge in [-0.3, -0.25) is 19.7 Å². The second-order valence-electron chi connectivity index (χ2n) is 6.11. The zero-order valence-corrected chi connectivity index (χ0v) is 14.7. The van der Waals surface area contributed by atoms with Crippen LogP contribution in [0.15, 0.2) is 48.5 Å². The average Bonchev–Trinajstić information content (AvgIpc) is 3.08. The molecule has 1 atom stereocenters. The van der Waals surface area contributed by atoms with Crippen molar-refractivity contribution in [2.75, 3.05) is 18.6 Å². The second kappa shape index (κ2) is 7.86. The van der Waals surface area contributed by atoms with Crippen molar-refractivity contribution in [3.8, 4) is 5.75 Å². The number of esters is 1. The third kappa shape index (κ3) is 4.05. The van der Waals surface area contributed by atoms with Gasteiger partial charge < -0.3 is 14.4 Å². The first-order chi connectivity index (χ1) is 13.0. The number of nitro groups is 1. The van der Waals surface area contributed by atoms with Crippen LogP contribution in [0.4, 0.5) is 11.4 Å². The minimum atomic E-state index is -0.569. The van der Waals surface area contributed by atoms with E-state index in [4.69, 9.17) is 9.47 Å². The van der Waals surface area contributed by atoms with Gasteiger partial charge >= 0.3 is 5.97 Å². The fourth-order valence-electron chi connectivity index (χ4n) is 2.94. The Morgan fingerprint density at radius 2 is 1.93 bits per heavy atom. The van der Waals surface area contributed by atoms with Crippen molar-refractivity contribution in [2.24, 2.45) is 5.92 Å². The molecule has 0 aromatic heterocycles. The van der Waals surface area contributed by atoms with Gasteiger partial charge in [-0.15, -0.1) is 0 Å². The predicted octanol–water partition coefficient (Wildman–Crippen LogP) is 2.70. The van der Waals surface area contributed by atoms with E-state index >= 15 is 0 Å². The Kier molecular flexibility index (Phi) is 5.35. The molecule has 8 nitrogen and oxygen atoms in total. The van der Waals surface area contributed by atoms with E-state index in [-0.39, 0.29) is 31.2 Å². The number of carbonyl (C=O) groups excluding carboxylic acids is 2. The number of ether oxygens (including phenoxy) is 2. The highest BCUT2D eigenvalue weighted by atomic mass is 16.6. The molecule has 140 valence electrons.